The van der Waals surface area contributed by atoms with Crippen molar-refractivity contribution in [2.45, 2.75) is 78.2 Å². The third-order valence-corrected chi connectivity index (χ3v) is 6.16. The van der Waals surface area contributed by atoms with Crippen LogP contribution in [0.5, 0.6) is 0 Å². The van der Waals surface area contributed by atoms with Crippen molar-refractivity contribution in [2.24, 2.45) is 0 Å². The van der Waals surface area contributed by atoms with Crippen LogP contribution in [0.25, 0.3) is 0 Å². The van der Waals surface area contributed by atoms with Crippen LogP contribution < -0.4 is 0 Å². The number of carbonyl (C=O) groups excluding carboxylic acids is 4. The molecular formula is C23H39N5O5S. The molecule has 0 saturated carbocycles. The summed E-state index contributed by atoms with van der Waals surface area (Å²) in [5.74, 6) is 0.701. The Morgan fingerprint density at radius 3 is 2.65 bits per heavy atom. The number of rotatable bonds is 15. The predicted molar refractivity (Wildman–Crippen MR) is 131 cm³/mol. The van der Waals surface area contributed by atoms with Gasteiger partial charge >= 0.3 is 0 Å². The van der Waals surface area contributed by atoms with E-state index in [0.29, 0.717) is 51.1 Å². The molecular weight excluding hydrogens is 458 g/mol. The van der Waals surface area contributed by atoms with Crippen molar-refractivity contribution in [1.29, 1.82) is 0 Å². The summed E-state index contributed by atoms with van der Waals surface area (Å²) in [6.07, 6.45) is 4.61. The van der Waals surface area contributed by atoms with Crippen molar-refractivity contribution in [3.05, 3.63) is 11.9 Å². The van der Waals surface area contributed by atoms with Gasteiger partial charge in [0.05, 0.1) is 24.7 Å². The maximum absolute atomic E-state index is 12.2. The molecule has 1 fully saturated rings. The minimum Gasteiger partial charge on any atom is -0.373 e. The lowest BCUT2D eigenvalue weighted by atomic mass is 10.1. The van der Waals surface area contributed by atoms with Crippen molar-refractivity contribution in [3.63, 3.8) is 0 Å². The van der Waals surface area contributed by atoms with Gasteiger partial charge in [0.25, 0.3) is 0 Å². The number of carbonyl (C=O) groups is 4. The number of imide groups is 1. The molecule has 3 amide bonds. The number of hydrogen-bond acceptors (Lipinski definition) is 8. The number of ether oxygens (including phenoxy) is 1. The summed E-state index contributed by atoms with van der Waals surface area (Å²) in [6, 6.07) is 0. The minimum atomic E-state index is -0.225. The number of aromatic nitrogens is 3. The van der Waals surface area contributed by atoms with Gasteiger partial charge < -0.3 is 9.64 Å². The zero-order valence-electron chi connectivity index (χ0n) is 21.1. The van der Waals surface area contributed by atoms with E-state index in [2.05, 4.69) is 10.3 Å². The molecule has 2 heterocycles. The molecule has 1 aliphatic rings. The van der Waals surface area contributed by atoms with E-state index in [1.165, 1.54) is 28.3 Å². The average Bonchev–Trinajstić information content (AvgIpc) is 3.35. The van der Waals surface area contributed by atoms with Crippen LogP contribution in [0.3, 0.4) is 0 Å². The Balaban J connectivity index is 0.00000281. The molecule has 1 aromatic heterocycles. The van der Waals surface area contributed by atoms with Crippen molar-refractivity contribution in [3.8, 4) is 0 Å². The van der Waals surface area contributed by atoms with Crippen molar-refractivity contribution in [1.82, 2.24) is 24.8 Å². The van der Waals surface area contributed by atoms with Crippen LogP contribution in [0.2, 0.25) is 0 Å². The van der Waals surface area contributed by atoms with Crippen molar-refractivity contribution >= 4 is 35.3 Å². The normalized spacial score (nSPS) is 15.3. The number of nitrogens with zero attached hydrogens (tertiary/aromatic N) is 5. The summed E-state index contributed by atoms with van der Waals surface area (Å²) in [7, 11) is 1.74. The highest BCUT2D eigenvalue weighted by Gasteiger charge is 2.37. The van der Waals surface area contributed by atoms with Crippen LogP contribution >= 0.6 is 11.8 Å². The summed E-state index contributed by atoms with van der Waals surface area (Å²) >= 11 is 1.52. The monoisotopic (exact) mass is 497 g/mol. The first-order valence-electron chi connectivity index (χ1n) is 12.0. The first-order valence-corrected chi connectivity index (χ1v) is 13.0. The Kier molecular flexibility index (Phi) is 14.3. The standard InChI is InChI=1S/C21H33N5O5S.C2H6/c1-4-32-18-12-20(29)26(21(18)30)9-7-5-6-8-19(28)24(3)10-11-31-15-17-14-25(23-22-17)13-16(2)27;1-2/h14,18H,4-13,15H2,1-3H3;1-2H3. The molecule has 1 aliphatic heterocycles. The van der Waals surface area contributed by atoms with Gasteiger partial charge in [-0.05, 0) is 25.5 Å². The Bertz CT molecular complexity index is 800. The van der Waals surface area contributed by atoms with E-state index in [1.54, 1.807) is 18.1 Å². The van der Waals surface area contributed by atoms with Gasteiger partial charge in [-0.1, -0.05) is 32.4 Å². The maximum atomic E-state index is 12.2. The van der Waals surface area contributed by atoms with Gasteiger partial charge in [0, 0.05) is 33.0 Å². The van der Waals surface area contributed by atoms with Crippen LogP contribution in [0.15, 0.2) is 6.20 Å². The van der Waals surface area contributed by atoms with E-state index in [4.69, 9.17) is 4.74 Å². The van der Waals surface area contributed by atoms with Crippen LogP contribution in [-0.2, 0) is 37.1 Å². The molecule has 0 bridgehead atoms. The highest BCUT2D eigenvalue weighted by molar-refractivity contribution is 8.00. The lowest BCUT2D eigenvalue weighted by Gasteiger charge is -2.17. The smallest absolute Gasteiger partial charge is 0.242 e. The highest BCUT2D eigenvalue weighted by atomic mass is 32.2. The topological polar surface area (TPSA) is 115 Å². The van der Waals surface area contributed by atoms with Gasteiger partial charge in [-0.25, -0.2) is 4.68 Å². The molecule has 1 saturated heterocycles. The van der Waals surface area contributed by atoms with Crippen LogP contribution in [0.4, 0.5) is 0 Å². The number of ketones is 1. The average molecular weight is 498 g/mol. The summed E-state index contributed by atoms with van der Waals surface area (Å²) < 4.78 is 7.01. The Morgan fingerprint density at radius 2 is 1.97 bits per heavy atom. The van der Waals surface area contributed by atoms with Gasteiger partial charge in [-0.2, -0.15) is 0 Å². The molecule has 34 heavy (non-hydrogen) atoms. The SMILES string of the molecule is CC.CCSC1CC(=O)N(CCCCCC(=O)N(C)CCOCc2cn(CC(C)=O)nn2)C1=O. The zero-order chi connectivity index (χ0) is 25.5. The van der Waals surface area contributed by atoms with Gasteiger partial charge in [0.2, 0.25) is 17.7 Å². The molecule has 11 heteroatoms. The summed E-state index contributed by atoms with van der Waals surface area (Å²) in [5, 5.41) is 7.57. The predicted octanol–water partition coefficient (Wildman–Crippen LogP) is 2.31. The van der Waals surface area contributed by atoms with Gasteiger partial charge in [0.15, 0.2) is 5.78 Å². The molecule has 1 aromatic rings. The summed E-state index contributed by atoms with van der Waals surface area (Å²) in [6.45, 7) is 9.20. The largest absolute Gasteiger partial charge is 0.373 e. The first kappa shape index (κ1) is 29.8. The fourth-order valence-electron chi connectivity index (χ4n) is 3.35. The molecule has 1 unspecified atom stereocenters. The summed E-state index contributed by atoms with van der Waals surface area (Å²) in [4.78, 5) is 50.5. The second-order valence-electron chi connectivity index (χ2n) is 7.82. The van der Waals surface area contributed by atoms with Gasteiger partial charge in [-0.3, -0.25) is 24.1 Å². The Hall–Kier alpha value is -2.27. The molecule has 0 spiro atoms. The minimum absolute atomic E-state index is 0.000223. The fraction of sp³-hybridized carbons (Fsp3) is 0.739. The first-order chi connectivity index (χ1) is 16.3. The van der Waals surface area contributed by atoms with Crippen LogP contribution in [0.1, 0.15) is 65.5 Å². The number of unbranched alkanes of at least 4 members (excludes halogenated alkanes) is 2. The number of likely N-dealkylation sites (N-methyl/N-ethyl adjacent to an activating group) is 1. The lowest BCUT2D eigenvalue weighted by Crippen LogP contribution is -2.32. The second-order valence-corrected chi connectivity index (χ2v) is 9.30. The van der Waals surface area contributed by atoms with E-state index in [1.807, 2.05) is 20.8 Å². The number of hydrogen-bond donors (Lipinski definition) is 0. The number of Topliss-reactive ketones (excluding diaryl/α,β-unsaturated/α-hetero) is 1. The third kappa shape index (κ3) is 10.3. The quantitative estimate of drug-likeness (QED) is 0.268. The Morgan fingerprint density at radius 1 is 1.24 bits per heavy atom. The molecule has 192 valence electrons. The molecule has 0 N–H and O–H groups in total. The van der Waals surface area contributed by atoms with Crippen LogP contribution in [0, 0.1) is 0 Å². The van der Waals surface area contributed by atoms with E-state index in [0.717, 1.165) is 12.2 Å². The van der Waals surface area contributed by atoms with Crippen molar-refractivity contribution in [2.75, 3.05) is 32.5 Å². The zero-order valence-corrected chi connectivity index (χ0v) is 21.9. The van der Waals surface area contributed by atoms with Crippen molar-refractivity contribution < 1.29 is 23.9 Å². The fourth-order valence-corrected chi connectivity index (χ4v) is 4.28. The number of amides is 3. The number of thioether (sulfide) groups is 1. The molecule has 0 aliphatic carbocycles. The molecule has 0 radical (unpaired) electrons. The molecule has 0 aromatic carbocycles. The van der Waals surface area contributed by atoms with E-state index in [-0.39, 0.29) is 41.9 Å². The lowest BCUT2D eigenvalue weighted by molar-refractivity contribution is -0.138. The van der Waals surface area contributed by atoms with E-state index >= 15 is 0 Å². The van der Waals surface area contributed by atoms with E-state index < -0.39 is 0 Å². The number of likely N-dealkylation sites (tertiary alicyclic amines) is 1. The van der Waals surface area contributed by atoms with Gasteiger partial charge in [-0.15, -0.1) is 16.9 Å². The summed E-state index contributed by atoms with van der Waals surface area (Å²) in [5.41, 5.74) is 0.634. The maximum Gasteiger partial charge on any atom is 0.242 e. The molecule has 2 rings (SSSR count). The Labute approximate surface area is 206 Å². The van der Waals surface area contributed by atoms with Gasteiger partial charge in [0.1, 0.15) is 12.2 Å². The molecule has 10 nitrogen and oxygen atoms in total. The molecule has 1 atom stereocenters. The third-order valence-electron chi connectivity index (χ3n) is 5.06. The second kappa shape index (κ2) is 16.4. The van der Waals surface area contributed by atoms with E-state index in [9.17, 15) is 19.2 Å². The highest BCUT2D eigenvalue weighted by Crippen LogP contribution is 2.25. The van der Waals surface area contributed by atoms with Crippen LogP contribution in [-0.4, -0.2) is 86.0 Å².